The Hall–Kier alpha value is -1.42. The lowest BCUT2D eigenvalue weighted by molar-refractivity contribution is -0.218. The number of carboxylic acid groups (broad SMARTS) is 1. The zero-order valence-corrected chi connectivity index (χ0v) is 13.2. The van der Waals surface area contributed by atoms with Gasteiger partial charge in [0.15, 0.2) is 0 Å². The van der Waals surface area contributed by atoms with E-state index in [1.54, 1.807) is 13.8 Å². The first-order valence-electron chi connectivity index (χ1n) is 7.63. The molecule has 1 heterocycles. The number of alkyl carbamates (subject to hydrolysis) is 1. The molecule has 0 aromatic heterocycles. The number of carbonyl (C=O) groups excluding carboxylic acids is 1. The average Bonchev–Trinajstić information content (AvgIpc) is 2.51. The third kappa shape index (κ3) is 5.61. The molecular formula is C14H25NO8. The number of carboxylic acids is 1. The van der Waals surface area contributed by atoms with Crippen LogP contribution in [0.2, 0.25) is 0 Å². The van der Waals surface area contributed by atoms with Crippen molar-refractivity contribution in [2.24, 2.45) is 0 Å². The molecule has 1 aliphatic heterocycles. The second kappa shape index (κ2) is 9.02. The van der Waals surface area contributed by atoms with E-state index in [2.05, 4.69) is 5.32 Å². The number of aliphatic carboxylic acids is 1. The highest BCUT2D eigenvalue weighted by molar-refractivity contribution is 5.79. The second-order valence-electron chi connectivity index (χ2n) is 5.57. The lowest BCUT2D eigenvalue weighted by Crippen LogP contribution is -2.56. The molecule has 0 aromatic carbocycles. The molecule has 0 bridgehead atoms. The number of ether oxygens (including phenoxy) is 2. The van der Waals surface area contributed by atoms with Gasteiger partial charge in [0.05, 0.1) is 18.8 Å². The minimum Gasteiger partial charge on any atom is -0.480 e. The Bertz CT molecular complexity index is 404. The molecule has 0 aromatic rings. The van der Waals surface area contributed by atoms with Crippen LogP contribution in [0.5, 0.6) is 0 Å². The van der Waals surface area contributed by atoms with Crippen LogP contribution in [0.4, 0.5) is 4.79 Å². The van der Waals surface area contributed by atoms with Crippen LogP contribution < -0.4 is 5.32 Å². The molecule has 1 fully saturated rings. The van der Waals surface area contributed by atoms with Crippen LogP contribution >= 0.6 is 0 Å². The Kier molecular flexibility index (Phi) is 7.69. The van der Waals surface area contributed by atoms with Gasteiger partial charge in [-0.2, -0.15) is 0 Å². The smallest absolute Gasteiger partial charge is 0.407 e. The molecule has 6 atom stereocenters. The van der Waals surface area contributed by atoms with Gasteiger partial charge in [0, 0.05) is 0 Å². The van der Waals surface area contributed by atoms with Crippen molar-refractivity contribution >= 4 is 12.1 Å². The summed E-state index contributed by atoms with van der Waals surface area (Å²) in [6, 6.07) is -0.997. The third-order valence-electron chi connectivity index (χ3n) is 3.82. The SMILES string of the molecule is CCC(NC(=O)OCCC[C@@H]1OC(C)C(O)C(O)C1O)C(=O)O. The van der Waals surface area contributed by atoms with Gasteiger partial charge in [0.25, 0.3) is 0 Å². The minimum atomic E-state index is -1.28. The summed E-state index contributed by atoms with van der Waals surface area (Å²) in [5.41, 5.74) is 0. The van der Waals surface area contributed by atoms with Crippen LogP contribution in [0.3, 0.4) is 0 Å². The van der Waals surface area contributed by atoms with Crippen LogP contribution in [0.1, 0.15) is 33.1 Å². The molecule has 5 unspecified atom stereocenters. The number of hydrogen-bond acceptors (Lipinski definition) is 7. The summed E-state index contributed by atoms with van der Waals surface area (Å²) in [6.07, 6.45) is -4.84. The fourth-order valence-corrected chi connectivity index (χ4v) is 2.35. The van der Waals surface area contributed by atoms with Gasteiger partial charge in [-0.3, -0.25) is 0 Å². The highest BCUT2D eigenvalue weighted by atomic mass is 16.6. The maximum Gasteiger partial charge on any atom is 0.407 e. The van der Waals surface area contributed by atoms with Gasteiger partial charge in [-0.15, -0.1) is 0 Å². The van der Waals surface area contributed by atoms with E-state index < -0.39 is 48.6 Å². The van der Waals surface area contributed by atoms with Crippen molar-refractivity contribution in [3.63, 3.8) is 0 Å². The average molecular weight is 335 g/mol. The van der Waals surface area contributed by atoms with Crippen LogP contribution in [-0.2, 0) is 14.3 Å². The van der Waals surface area contributed by atoms with E-state index in [9.17, 15) is 24.9 Å². The third-order valence-corrected chi connectivity index (χ3v) is 3.82. The minimum absolute atomic E-state index is 0.0154. The van der Waals surface area contributed by atoms with Crippen LogP contribution in [0, 0.1) is 0 Å². The summed E-state index contributed by atoms with van der Waals surface area (Å²) in [7, 11) is 0. The number of aliphatic hydroxyl groups excluding tert-OH is 3. The molecule has 9 heteroatoms. The summed E-state index contributed by atoms with van der Waals surface area (Å²) in [4.78, 5) is 22.2. The Morgan fingerprint density at radius 3 is 2.43 bits per heavy atom. The number of hydrogen-bond donors (Lipinski definition) is 5. The Labute approximate surface area is 134 Å². The summed E-state index contributed by atoms with van der Waals surface area (Å²) >= 11 is 0. The number of rotatable bonds is 7. The number of nitrogens with one attached hydrogen (secondary N) is 1. The molecule has 9 nitrogen and oxygen atoms in total. The fraction of sp³-hybridized carbons (Fsp3) is 0.857. The second-order valence-corrected chi connectivity index (χ2v) is 5.57. The predicted octanol–water partition coefficient (Wildman–Crippen LogP) is -0.774. The van der Waals surface area contributed by atoms with E-state index in [0.29, 0.717) is 12.8 Å². The quantitative estimate of drug-likeness (QED) is 0.381. The standard InChI is InChI=1S/C14H25NO8/c1-3-8(13(19)20)15-14(21)22-6-4-5-9-11(17)12(18)10(16)7(2)23-9/h7-12,16-18H,3-6H2,1-2H3,(H,15,21)(H,19,20)/t7?,8?,9-,10?,11?,12?/m0/s1. The maximum atomic E-state index is 11.4. The summed E-state index contributed by atoms with van der Waals surface area (Å²) in [6.45, 7) is 3.23. The van der Waals surface area contributed by atoms with Crippen molar-refractivity contribution in [2.45, 2.75) is 69.7 Å². The van der Waals surface area contributed by atoms with Gasteiger partial charge in [0.1, 0.15) is 24.4 Å². The summed E-state index contributed by atoms with van der Waals surface area (Å²) in [5.74, 6) is -1.13. The zero-order chi connectivity index (χ0) is 17.6. The van der Waals surface area contributed by atoms with E-state index in [1.165, 1.54) is 0 Å². The first-order chi connectivity index (χ1) is 10.8. The van der Waals surface area contributed by atoms with Gasteiger partial charge in [-0.1, -0.05) is 6.92 Å². The topological polar surface area (TPSA) is 146 Å². The van der Waals surface area contributed by atoms with Crippen LogP contribution in [0.15, 0.2) is 0 Å². The largest absolute Gasteiger partial charge is 0.480 e. The van der Waals surface area contributed by atoms with Gasteiger partial charge in [-0.05, 0) is 26.2 Å². The van der Waals surface area contributed by atoms with Gasteiger partial charge < -0.3 is 35.2 Å². The molecule has 1 aliphatic rings. The van der Waals surface area contributed by atoms with Crippen molar-refractivity contribution in [1.29, 1.82) is 0 Å². The normalized spacial score (nSPS) is 32.1. The molecule has 0 aliphatic carbocycles. The number of aliphatic hydroxyl groups is 3. The summed E-state index contributed by atoms with van der Waals surface area (Å²) in [5, 5.41) is 40.1. The van der Waals surface area contributed by atoms with Crippen LogP contribution in [0.25, 0.3) is 0 Å². The van der Waals surface area contributed by atoms with Gasteiger partial charge >= 0.3 is 12.1 Å². The summed E-state index contributed by atoms with van der Waals surface area (Å²) < 4.78 is 10.3. The van der Waals surface area contributed by atoms with Crippen molar-refractivity contribution in [3.05, 3.63) is 0 Å². The molecule has 134 valence electrons. The molecule has 1 amide bonds. The molecule has 1 rings (SSSR count). The molecule has 0 radical (unpaired) electrons. The number of amides is 1. The maximum absolute atomic E-state index is 11.4. The molecule has 23 heavy (non-hydrogen) atoms. The zero-order valence-electron chi connectivity index (χ0n) is 13.2. The van der Waals surface area contributed by atoms with Crippen LogP contribution in [-0.4, -0.2) is 75.7 Å². The Balaban J connectivity index is 2.29. The Morgan fingerprint density at radius 2 is 1.87 bits per heavy atom. The molecular weight excluding hydrogens is 310 g/mol. The van der Waals surface area contributed by atoms with Crippen molar-refractivity contribution in [1.82, 2.24) is 5.32 Å². The first kappa shape index (κ1) is 19.6. The molecule has 1 saturated heterocycles. The van der Waals surface area contributed by atoms with Crippen molar-refractivity contribution in [2.75, 3.05) is 6.61 Å². The van der Waals surface area contributed by atoms with E-state index in [-0.39, 0.29) is 13.0 Å². The van der Waals surface area contributed by atoms with E-state index >= 15 is 0 Å². The fourth-order valence-electron chi connectivity index (χ4n) is 2.35. The molecule has 0 saturated carbocycles. The van der Waals surface area contributed by atoms with E-state index in [0.717, 1.165) is 0 Å². The molecule has 5 N–H and O–H groups in total. The van der Waals surface area contributed by atoms with Gasteiger partial charge in [-0.25, -0.2) is 9.59 Å². The highest BCUT2D eigenvalue weighted by Crippen LogP contribution is 2.23. The first-order valence-corrected chi connectivity index (χ1v) is 7.63. The molecule has 0 spiro atoms. The lowest BCUT2D eigenvalue weighted by atomic mass is 9.93. The van der Waals surface area contributed by atoms with E-state index in [1.807, 2.05) is 0 Å². The van der Waals surface area contributed by atoms with Gasteiger partial charge in [0.2, 0.25) is 0 Å². The van der Waals surface area contributed by atoms with Crippen molar-refractivity contribution in [3.8, 4) is 0 Å². The van der Waals surface area contributed by atoms with E-state index in [4.69, 9.17) is 14.6 Å². The monoisotopic (exact) mass is 335 g/mol. The van der Waals surface area contributed by atoms with Crippen molar-refractivity contribution < 1.29 is 39.5 Å². The Morgan fingerprint density at radius 1 is 1.22 bits per heavy atom. The number of carbonyl (C=O) groups is 2. The highest BCUT2D eigenvalue weighted by Gasteiger charge is 2.41. The lowest BCUT2D eigenvalue weighted by Gasteiger charge is -2.39. The predicted molar refractivity (Wildman–Crippen MR) is 77.8 cm³/mol.